The fourth-order valence-corrected chi connectivity index (χ4v) is 4.42. The third-order valence-corrected chi connectivity index (χ3v) is 6.29. The van der Waals surface area contributed by atoms with Crippen LogP contribution in [0.1, 0.15) is 29.7 Å². The number of hydrogen-bond donors (Lipinski definition) is 1. The first kappa shape index (κ1) is 23.4. The van der Waals surface area contributed by atoms with E-state index in [9.17, 15) is 9.59 Å². The van der Waals surface area contributed by atoms with Crippen LogP contribution in [-0.2, 0) is 22.7 Å². The van der Waals surface area contributed by atoms with Gasteiger partial charge in [-0.05, 0) is 35.7 Å². The first-order chi connectivity index (χ1) is 16.4. The molecule has 4 rings (SSSR count). The number of anilines is 1. The molecule has 3 atom stereocenters. The van der Waals surface area contributed by atoms with Gasteiger partial charge >= 0.3 is 6.09 Å². The van der Waals surface area contributed by atoms with E-state index in [1.807, 2.05) is 91.5 Å². The van der Waals surface area contributed by atoms with Crippen molar-refractivity contribution in [1.82, 2.24) is 10.2 Å². The first-order valence-electron chi connectivity index (χ1n) is 11.5. The van der Waals surface area contributed by atoms with E-state index in [2.05, 4.69) is 29.6 Å². The molecule has 0 unspecified atom stereocenters. The molecule has 1 heterocycles. The zero-order valence-corrected chi connectivity index (χ0v) is 19.8. The van der Waals surface area contributed by atoms with Crippen molar-refractivity contribution in [3.8, 4) is 0 Å². The number of nitrogens with zero attached hydrogens (tertiary/aromatic N) is 2. The van der Waals surface area contributed by atoms with E-state index in [0.29, 0.717) is 6.54 Å². The van der Waals surface area contributed by atoms with Crippen LogP contribution in [0.4, 0.5) is 10.5 Å². The predicted molar refractivity (Wildman–Crippen MR) is 133 cm³/mol. The molecule has 0 aliphatic carbocycles. The highest BCUT2D eigenvalue weighted by molar-refractivity contribution is 5.88. The highest BCUT2D eigenvalue weighted by Gasteiger charge is 2.50. The second-order valence-corrected chi connectivity index (χ2v) is 8.90. The summed E-state index contributed by atoms with van der Waals surface area (Å²) in [4.78, 5) is 29.6. The average molecular weight is 458 g/mol. The summed E-state index contributed by atoms with van der Waals surface area (Å²) < 4.78 is 5.38. The molecule has 1 saturated heterocycles. The maximum absolute atomic E-state index is 13.3. The molecule has 6 heteroatoms. The Morgan fingerprint density at radius 3 is 2.12 bits per heavy atom. The Morgan fingerprint density at radius 1 is 0.941 bits per heavy atom. The number of carbonyl (C=O) groups is 2. The van der Waals surface area contributed by atoms with Crippen molar-refractivity contribution in [3.05, 3.63) is 102 Å². The molecule has 34 heavy (non-hydrogen) atoms. The van der Waals surface area contributed by atoms with Crippen LogP contribution in [0.15, 0.2) is 84.9 Å². The number of likely N-dealkylation sites (tertiary alicyclic amines) is 1. The molecule has 3 aromatic rings. The van der Waals surface area contributed by atoms with Gasteiger partial charge in [-0.2, -0.15) is 0 Å². The predicted octanol–water partition coefficient (Wildman–Crippen LogP) is 4.77. The van der Waals surface area contributed by atoms with Gasteiger partial charge in [-0.15, -0.1) is 0 Å². The van der Waals surface area contributed by atoms with E-state index in [-0.39, 0.29) is 30.5 Å². The van der Waals surface area contributed by atoms with Crippen molar-refractivity contribution < 1.29 is 14.3 Å². The quantitative estimate of drug-likeness (QED) is 0.495. The van der Waals surface area contributed by atoms with E-state index in [1.165, 1.54) is 0 Å². The molecule has 3 aromatic carbocycles. The number of β-lactam (4-membered cyclic amide) rings is 1. The summed E-state index contributed by atoms with van der Waals surface area (Å²) in [7, 11) is 4.00. The summed E-state index contributed by atoms with van der Waals surface area (Å²) in [5, 5.41) is 2.88. The number of benzene rings is 3. The van der Waals surface area contributed by atoms with Crippen LogP contribution in [0.5, 0.6) is 0 Å². The monoisotopic (exact) mass is 457 g/mol. The standard InChI is InChI=1S/C28H31N3O3/c1-20(29-28(33)34-19-22-12-8-5-9-13-22)25-26(23-14-16-24(17-15-23)30(2)3)31(27(25)32)18-21-10-6-4-7-11-21/h4-17,20,25-26H,18-19H2,1-3H3,(H,29,33)/t20-,25+,26+/m0/s1. The molecule has 6 nitrogen and oxygen atoms in total. The van der Waals surface area contributed by atoms with Crippen LogP contribution in [0.2, 0.25) is 0 Å². The highest BCUT2D eigenvalue weighted by atomic mass is 16.5. The van der Waals surface area contributed by atoms with Gasteiger partial charge in [0.1, 0.15) is 6.61 Å². The minimum atomic E-state index is -0.521. The molecule has 1 fully saturated rings. The van der Waals surface area contributed by atoms with Gasteiger partial charge in [0.15, 0.2) is 0 Å². The van der Waals surface area contributed by atoms with Gasteiger partial charge in [-0.3, -0.25) is 4.79 Å². The molecule has 176 valence electrons. The third-order valence-electron chi connectivity index (χ3n) is 6.29. The zero-order chi connectivity index (χ0) is 24.1. The van der Waals surface area contributed by atoms with Crippen LogP contribution >= 0.6 is 0 Å². The second kappa shape index (κ2) is 10.4. The summed E-state index contributed by atoms with van der Waals surface area (Å²) in [6.07, 6.45) is -0.521. The van der Waals surface area contributed by atoms with Crippen molar-refractivity contribution in [2.24, 2.45) is 5.92 Å². The summed E-state index contributed by atoms with van der Waals surface area (Å²) in [6, 6.07) is 27.2. The summed E-state index contributed by atoms with van der Waals surface area (Å²) in [5.41, 5.74) is 4.14. The Labute approximate surface area is 201 Å². The molecule has 1 aliphatic heterocycles. The van der Waals surface area contributed by atoms with Crippen LogP contribution in [-0.4, -0.2) is 37.0 Å². The largest absolute Gasteiger partial charge is 0.445 e. The Morgan fingerprint density at radius 2 is 1.53 bits per heavy atom. The van der Waals surface area contributed by atoms with E-state index in [1.54, 1.807) is 0 Å². The topological polar surface area (TPSA) is 61.9 Å². The minimum Gasteiger partial charge on any atom is -0.445 e. The second-order valence-electron chi connectivity index (χ2n) is 8.90. The number of ether oxygens (including phenoxy) is 1. The SMILES string of the molecule is C[C@H](NC(=O)OCc1ccccc1)[C@H]1C(=O)N(Cc2ccccc2)[C@@H]1c1ccc(N(C)C)cc1. The maximum Gasteiger partial charge on any atom is 0.407 e. The molecule has 2 amide bonds. The molecule has 0 radical (unpaired) electrons. The van der Waals surface area contributed by atoms with Crippen molar-refractivity contribution in [3.63, 3.8) is 0 Å². The van der Waals surface area contributed by atoms with Crippen LogP contribution < -0.4 is 10.2 Å². The van der Waals surface area contributed by atoms with Crippen LogP contribution in [0, 0.1) is 5.92 Å². The Balaban J connectivity index is 1.48. The van der Waals surface area contributed by atoms with Gasteiger partial charge in [-0.1, -0.05) is 72.8 Å². The Hall–Kier alpha value is -3.80. The lowest BCUT2D eigenvalue weighted by atomic mass is 9.77. The van der Waals surface area contributed by atoms with Gasteiger partial charge in [0.2, 0.25) is 5.91 Å². The van der Waals surface area contributed by atoms with Gasteiger partial charge in [0.25, 0.3) is 0 Å². The van der Waals surface area contributed by atoms with Gasteiger partial charge < -0.3 is 19.9 Å². The van der Waals surface area contributed by atoms with E-state index >= 15 is 0 Å². The number of nitrogens with one attached hydrogen (secondary N) is 1. The van der Waals surface area contributed by atoms with Gasteiger partial charge in [-0.25, -0.2) is 4.79 Å². The Kier molecular flexibility index (Phi) is 7.16. The fourth-order valence-electron chi connectivity index (χ4n) is 4.42. The minimum absolute atomic E-state index is 0.0291. The smallest absolute Gasteiger partial charge is 0.407 e. The molecule has 1 N–H and O–H groups in total. The molecule has 0 aromatic heterocycles. The van der Waals surface area contributed by atoms with E-state index in [0.717, 1.165) is 22.4 Å². The van der Waals surface area contributed by atoms with Crippen molar-refractivity contribution in [2.45, 2.75) is 32.2 Å². The summed E-state index contributed by atoms with van der Waals surface area (Å²) in [6.45, 7) is 2.59. The average Bonchev–Trinajstić information content (AvgIpc) is 2.85. The van der Waals surface area contributed by atoms with Gasteiger partial charge in [0, 0.05) is 32.4 Å². The number of rotatable bonds is 8. The highest BCUT2D eigenvalue weighted by Crippen LogP contribution is 2.43. The molecular formula is C28H31N3O3. The van der Waals surface area contributed by atoms with Gasteiger partial charge in [0.05, 0.1) is 12.0 Å². The number of alkyl carbamates (subject to hydrolysis) is 1. The molecular weight excluding hydrogens is 426 g/mol. The molecule has 0 saturated carbocycles. The molecule has 0 bridgehead atoms. The molecule has 1 aliphatic rings. The number of carbonyl (C=O) groups excluding carboxylic acids is 2. The van der Waals surface area contributed by atoms with E-state index in [4.69, 9.17) is 4.74 Å². The first-order valence-corrected chi connectivity index (χ1v) is 11.5. The van der Waals surface area contributed by atoms with Crippen LogP contribution in [0.25, 0.3) is 0 Å². The normalized spacial score (nSPS) is 18.1. The lowest BCUT2D eigenvalue weighted by Gasteiger charge is -2.50. The van der Waals surface area contributed by atoms with Crippen molar-refractivity contribution in [2.75, 3.05) is 19.0 Å². The van der Waals surface area contributed by atoms with E-state index < -0.39 is 6.09 Å². The lowest BCUT2D eigenvalue weighted by Crippen LogP contribution is -2.61. The Bertz CT molecular complexity index is 1100. The third kappa shape index (κ3) is 5.22. The number of hydrogen-bond acceptors (Lipinski definition) is 4. The zero-order valence-electron chi connectivity index (χ0n) is 19.8. The summed E-state index contributed by atoms with van der Waals surface area (Å²) in [5.74, 6) is -0.334. The summed E-state index contributed by atoms with van der Waals surface area (Å²) >= 11 is 0. The van der Waals surface area contributed by atoms with Crippen LogP contribution in [0.3, 0.4) is 0 Å². The maximum atomic E-state index is 13.3. The lowest BCUT2D eigenvalue weighted by molar-refractivity contribution is -0.160. The van der Waals surface area contributed by atoms with Crippen molar-refractivity contribution >= 4 is 17.7 Å². The van der Waals surface area contributed by atoms with Crippen molar-refractivity contribution in [1.29, 1.82) is 0 Å². The molecule has 0 spiro atoms. The fraction of sp³-hybridized carbons (Fsp3) is 0.286. The number of amides is 2.